The molecule has 2 fully saturated rings. The third kappa shape index (κ3) is 5.99. The number of carbonyl (C=O) groups is 3. The summed E-state index contributed by atoms with van der Waals surface area (Å²) in [4.78, 5) is 40.8. The zero-order valence-corrected chi connectivity index (χ0v) is 22.0. The van der Waals surface area contributed by atoms with Crippen LogP contribution < -0.4 is 14.2 Å². The van der Waals surface area contributed by atoms with E-state index in [4.69, 9.17) is 18.9 Å². The van der Waals surface area contributed by atoms with Gasteiger partial charge in [-0.25, -0.2) is 4.39 Å². The van der Waals surface area contributed by atoms with E-state index >= 15 is 0 Å². The maximum absolute atomic E-state index is 13.6. The molecule has 1 saturated carbocycles. The molecule has 204 valence electrons. The number of benzene rings is 2. The Morgan fingerprint density at radius 2 is 1.68 bits per heavy atom. The average molecular weight is 528 g/mol. The molecule has 3 atom stereocenters. The molecule has 2 aromatic carbocycles. The maximum atomic E-state index is 13.6. The Bertz CT molecular complexity index is 1170. The molecule has 1 heterocycles. The molecule has 9 heteroatoms. The van der Waals surface area contributed by atoms with Crippen molar-refractivity contribution >= 4 is 17.5 Å². The van der Waals surface area contributed by atoms with Gasteiger partial charge in [0, 0.05) is 23.9 Å². The molecule has 4 rings (SSSR count). The fourth-order valence-electron chi connectivity index (χ4n) is 5.32. The molecule has 38 heavy (non-hydrogen) atoms. The van der Waals surface area contributed by atoms with Gasteiger partial charge in [-0.05, 0) is 56.2 Å². The summed E-state index contributed by atoms with van der Waals surface area (Å²) in [6, 6.07) is 8.78. The van der Waals surface area contributed by atoms with Crippen molar-refractivity contribution in [3.8, 4) is 17.2 Å². The van der Waals surface area contributed by atoms with Gasteiger partial charge in [-0.2, -0.15) is 0 Å². The second-order valence-electron chi connectivity index (χ2n) is 9.69. The predicted octanol–water partition coefficient (Wildman–Crippen LogP) is 4.34. The summed E-state index contributed by atoms with van der Waals surface area (Å²) >= 11 is 0. The zero-order chi connectivity index (χ0) is 27.2. The molecule has 1 saturated heterocycles. The Labute approximate surface area is 222 Å². The Morgan fingerprint density at radius 1 is 0.974 bits per heavy atom. The molecular formula is C29H34FNO7. The molecule has 0 aromatic heterocycles. The summed E-state index contributed by atoms with van der Waals surface area (Å²) < 4.78 is 36.1. The van der Waals surface area contributed by atoms with Gasteiger partial charge in [0.1, 0.15) is 18.5 Å². The van der Waals surface area contributed by atoms with E-state index in [0.717, 1.165) is 12.8 Å². The van der Waals surface area contributed by atoms with Crippen molar-refractivity contribution in [3.63, 3.8) is 0 Å². The van der Waals surface area contributed by atoms with Crippen molar-refractivity contribution in [2.45, 2.75) is 38.7 Å². The summed E-state index contributed by atoms with van der Waals surface area (Å²) in [7, 11) is 2.97. The number of hydrogen-bond donors (Lipinski definition) is 0. The first-order valence-electron chi connectivity index (χ1n) is 12.9. The first-order chi connectivity index (χ1) is 18.3. The highest BCUT2D eigenvalue weighted by Gasteiger charge is 2.39. The number of methoxy groups -OCH3 is 2. The number of halogens is 1. The van der Waals surface area contributed by atoms with Crippen molar-refractivity contribution in [2.75, 3.05) is 40.5 Å². The van der Waals surface area contributed by atoms with Crippen molar-refractivity contribution in [1.29, 1.82) is 0 Å². The highest BCUT2D eigenvalue weighted by atomic mass is 19.1. The fraction of sp³-hybridized carbons (Fsp3) is 0.483. The minimum atomic E-state index is -0.432. The lowest BCUT2D eigenvalue weighted by atomic mass is 9.74. The van der Waals surface area contributed by atoms with Crippen molar-refractivity contribution in [1.82, 2.24) is 4.90 Å². The first-order valence-corrected chi connectivity index (χ1v) is 12.9. The molecule has 0 radical (unpaired) electrons. The zero-order valence-electron chi connectivity index (χ0n) is 22.0. The van der Waals surface area contributed by atoms with Gasteiger partial charge in [-0.3, -0.25) is 14.4 Å². The quantitative estimate of drug-likeness (QED) is 0.448. The van der Waals surface area contributed by atoms with E-state index in [0.29, 0.717) is 55.2 Å². The fourth-order valence-corrected chi connectivity index (χ4v) is 5.32. The second kappa shape index (κ2) is 12.4. The maximum Gasteiger partial charge on any atom is 0.226 e. The number of ether oxygens (including phenoxy) is 4. The van der Waals surface area contributed by atoms with Gasteiger partial charge < -0.3 is 23.8 Å². The third-order valence-corrected chi connectivity index (χ3v) is 7.29. The van der Waals surface area contributed by atoms with Crippen molar-refractivity contribution in [2.24, 2.45) is 11.8 Å². The summed E-state index contributed by atoms with van der Waals surface area (Å²) in [5.74, 6) is -0.611. The van der Waals surface area contributed by atoms with E-state index in [1.165, 1.54) is 45.4 Å². The van der Waals surface area contributed by atoms with E-state index in [1.807, 2.05) is 0 Å². The van der Waals surface area contributed by atoms with Crippen molar-refractivity contribution < 1.29 is 37.7 Å². The van der Waals surface area contributed by atoms with Crippen LogP contribution in [-0.2, 0) is 9.53 Å². The van der Waals surface area contributed by atoms with E-state index in [2.05, 4.69) is 0 Å². The van der Waals surface area contributed by atoms with Crippen LogP contribution >= 0.6 is 0 Å². The molecule has 2 aromatic rings. The molecule has 0 bridgehead atoms. The number of ketones is 2. The standard InChI is InChI=1S/C29H34FNO7/c1-18(32)22-12-13-25(35-2)28(36-3)27(22)38-17-21-16-31(14-15-37-21)29(34)24-7-5-4-6-23(24)26(33)19-8-10-20(30)11-9-19/h8-13,21,23-24H,4-7,14-17H2,1-3H3/t21?,23-,24-/m1/s1. The smallest absolute Gasteiger partial charge is 0.226 e. The summed E-state index contributed by atoms with van der Waals surface area (Å²) in [5, 5.41) is 0. The van der Waals surface area contributed by atoms with E-state index < -0.39 is 23.8 Å². The third-order valence-electron chi connectivity index (χ3n) is 7.29. The minimum Gasteiger partial charge on any atom is -0.493 e. The number of carbonyl (C=O) groups excluding carboxylic acids is 3. The number of rotatable bonds is 9. The SMILES string of the molecule is COc1ccc(C(C)=O)c(OCC2CN(C(=O)[C@@H]3CCCC[C@H]3C(=O)c3ccc(F)cc3)CCO2)c1OC. The Kier molecular flexibility index (Phi) is 8.99. The number of morpholine rings is 1. The number of hydrogen-bond acceptors (Lipinski definition) is 7. The normalized spacial score (nSPS) is 21.5. The Morgan fingerprint density at radius 3 is 2.34 bits per heavy atom. The van der Waals surface area contributed by atoms with Crippen LogP contribution in [0.25, 0.3) is 0 Å². The average Bonchev–Trinajstić information content (AvgIpc) is 2.95. The minimum absolute atomic E-state index is 0.0677. The van der Waals surface area contributed by atoms with Gasteiger partial charge in [0.2, 0.25) is 11.7 Å². The van der Waals surface area contributed by atoms with E-state index in [9.17, 15) is 18.8 Å². The van der Waals surface area contributed by atoms with Gasteiger partial charge >= 0.3 is 0 Å². The molecule has 0 spiro atoms. The molecular weight excluding hydrogens is 493 g/mol. The first kappa shape index (κ1) is 27.6. The lowest BCUT2D eigenvalue weighted by Gasteiger charge is -2.38. The highest BCUT2D eigenvalue weighted by molar-refractivity contribution is 6.00. The molecule has 1 amide bonds. The summed E-state index contributed by atoms with van der Waals surface area (Å²) in [6.07, 6.45) is 2.59. The van der Waals surface area contributed by atoms with Crippen molar-refractivity contribution in [3.05, 3.63) is 53.3 Å². The number of amides is 1. The lowest BCUT2D eigenvalue weighted by molar-refractivity contribution is -0.146. The molecule has 8 nitrogen and oxygen atoms in total. The van der Waals surface area contributed by atoms with Gasteiger partial charge in [-0.15, -0.1) is 0 Å². The van der Waals surface area contributed by atoms with Crippen LogP contribution in [-0.4, -0.2) is 69.0 Å². The number of nitrogens with zero attached hydrogens (tertiary/aromatic N) is 1. The largest absolute Gasteiger partial charge is 0.493 e. The molecule has 1 aliphatic carbocycles. The lowest BCUT2D eigenvalue weighted by Crippen LogP contribution is -2.51. The molecule has 0 N–H and O–H groups in total. The predicted molar refractivity (Wildman–Crippen MR) is 138 cm³/mol. The van der Waals surface area contributed by atoms with Gasteiger partial charge in [0.15, 0.2) is 23.1 Å². The molecule has 1 unspecified atom stereocenters. The Hall–Kier alpha value is -3.46. The van der Waals surface area contributed by atoms with E-state index in [1.54, 1.807) is 17.0 Å². The van der Waals surface area contributed by atoms with Crippen LogP contribution in [0.2, 0.25) is 0 Å². The van der Waals surface area contributed by atoms with Crippen LogP contribution in [0.15, 0.2) is 36.4 Å². The van der Waals surface area contributed by atoms with Crippen LogP contribution in [0.4, 0.5) is 4.39 Å². The van der Waals surface area contributed by atoms with Crippen LogP contribution in [0.1, 0.15) is 53.3 Å². The van der Waals surface area contributed by atoms with Crippen LogP contribution in [0.5, 0.6) is 17.2 Å². The van der Waals surface area contributed by atoms with Crippen LogP contribution in [0, 0.1) is 17.7 Å². The molecule has 1 aliphatic heterocycles. The number of Topliss-reactive ketones (excluding diaryl/α,β-unsaturated/α-hetero) is 2. The molecule has 2 aliphatic rings. The topological polar surface area (TPSA) is 91.4 Å². The van der Waals surface area contributed by atoms with E-state index in [-0.39, 0.29) is 29.8 Å². The summed E-state index contributed by atoms with van der Waals surface area (Å²) in [6.45, 7) is 2.59. The van der Waals surface area contributed by atoms with Crippen LogP contribution in [0.3, 0.4) is 0 Å². The highest BCUT2D eigenvalue weighted by Crippen LogP contribution is 2.40. The van der Waals surface area contributed by atoms with Gasteiger partial charge in [-0.1, -0.05) is 12.8 Å². The monoisotopic (exact) mass is 527 g/mol. The van der Waals surface area contributed by atoms with Gasteiger partial charge in [0.25, 0.3) is 0 Å². The van der Waals surface area contributed by atoms with Gasteiger partial charge in [0.05, 0.1) is 32.9 Å². The Balaban J connectivity index is 1.45. The summed E-state index contributed by atoms with van der Waals surface area (Å²) in [5.41, 5.74) is 0.786. The second-order valence-corrected chi connectivity index (χ2v) is 9.69.